The van der Waals surface area contributed by atoms with E-state index in [1.807, 2.05) is 0 Å². The normalized spacial score (nSPS) is 19.5. The van der Waals surface area contributed by atoms with Crippen molar-refractivity contribution in [3.05, 3.63) is 17.7 Å². The number of anilines is 1. The van der Waals surface area contributed by atoms with E-state index < -0.39 is 0 Å². The lowest BCUT2D eigenvalue weighted by molar-refractivity contribution is 0.171. The number of ether oxygens (including phenoxy) is 2. The Bertz CT molecular complexity index is 469. The quantitative estimate of drug-likeness (QED) is 0.884. The van der Waals surface area contributed by atoms with Crippen LogP contribution in [-0.2, 0) is 0 Å². The van der Waals surface area contributed by atoms with Crippen molar-refractivity contribution in [1.82, 2.24) is 0 Å². The van der Waals surface area contributed by atoms with Crippen LogP contribution in [0.5, 0.6) is 11.5 Å². The average molecular weight is 248 g/mol. The summed E-state index contributed by atoms with van der Waals surface area (Å²) in [5, 5.41) is 0. The Morgan fingerprint density at radius 1 is 1.22 bits per heavy atom. The molecule has 0 atom stereocenters. The fraction of sp³-hybridized carbons (Fsp3) is 0.571. The standard InChI is InChI=1S/C14H20N2O2/c1-10-7-12-13(18-6-5-17-12)8-11(10)16(2)9-14(15)3-4-14/h7-8H,3-6,9,15H2,1-2H3. The number of hydrogen-bond acceptors (Lipinski definition) is 4. The van der Waals surface area contributed by atoms with Gasteiger partial charge in [-0.1, -0.05) is 0 Å². The van der Waals surface area contributed by atoms with Crippen molar-refractivity contribution < 1.29 is 9.47 Å². The minimum atomic E-state index is 0.0223. The monoisotopic (exact) mass is 248 g/mol. The number of hydrogen-bond donors (Lipinski definition) is 1. The van der Waals surface area contributed by atoms with E-state index in [0.29, 0.717) is 13.2 Å². The maximum Gasteiger partial charge on any atom is 0.163 e. The summed E-state index contributed by atoms with van der Waals surface area (Å²) in [7, 11) is 2.09. The van der Waals surface area contributed by atoms with Crippen LogP contribution in [0.25, 0.3) is 0 Å². The number of nitrogens with zero attached hydrogens (tertiary/aromatic N) is 1. The van der Waals surface area contributed by atoms with E-state index in [9.17, 15) is 0 Å². The minimum Gasteiger partial charge on any atom is -0.486 e. The Hall–Kier alpha value is -1.42. The van der Waals surface area contributed by atoms with Gasteiger partial charge in [-0.15, -0.1) is 0 Å². The molecule has 0 aromatic heterocycles. The Kier molecular flexibility index (Phi) is 2.63. The summed E-state index contributed by atoms with van der Waals surface area (Å²) in [5.41, 5.74) is 8.57. The van der Waals surface area contributed by atoms with Crippen LogP contribution in [0, 0.1) is 6.92 Å². The third kappa shape index (κ3) is 2.12. The zero-order valence-electron chi connectivity index (χ0n) is 11.0. The van der Waals surface area contributed by atoms with Gasteiger partial charge in [-0.05, 0) is 31.4 Å². The predicted octanol–water partition coefficient (Wildman–Crippen LogP) is 1.69. The van der Waals surface area contributed by atoms with Crippen LogP contribution in [0.3, 0.4) is 0 Å². The highest BCUT2D eigenvalue weighted by atomic mass is 16.6. The first-order valence-corrected chi connectivity index (χ1v) is 6.48. The smallest absolute Gasteiger partial charge is 0.163 e. The summed E-state index contributed by atoms with van der Waals surface area (Å²) in [5.74, 6) is 1.69. The number of likely N-dealkylation sites (N-methyl/N-ethyl adjacent to an activating group) is 1. The second kappa shape index (κ2) is 4.05. The lowest BCUT2D eigenvalue weighted by Gasteiger charge is -2.27. The first-order valence-electron chi connectivity index (χ1n) is 6.48. The zero-order valence-corrected chi connectivity index (χ0v) is 11.0. The number of aryl methyl sites for hydroxylation is 1. The first kappa shape index (κ1) is 11.7. The van der Waals surface area contributed by atoms with Crippen LogP contribution in [0.15, 0.2) is 12.1 Å². The molecule has 1 aromatic carbocycles. The molecule has 1 fully saturated rings. The van der Waals surface area contributed by atoms with Crippen LogP contribution in [0.2, 0.25) is 0 Å². The zero-order chi connectivity index (χ0) is 12.8. The molecular formula is C14H20N2O2. The molecule has 3 rings (SSSR count). The molecule has 98 valence electrons. The van der Waals surface area contributed by atoms with Crippen LogP contribution in [0.4, 0.5) is 5.69 Å². The van der Waals surface area contributed by atoms with Gasteiger partial charge >= 0.3 is 0 Å². The number of benzene rings is 1. The molecule has 0 radical (unpaired) electrons. The molecular weight excluding hydrogens is 228 g/mol. The van der Waals surface area contributed by atoms with Gasteiger partial charge in [0.2, 0.25) is 0 Å². The van der Waals surface area contributed by atoms with Crippen molar-refractivity contribution in [2.75, 3.05) is 31.7 Å². The molecule has 1 heterocycles. The molecule has 1 saturated carbocycles. The summed E-state index contributed by atoms with van der Waals surface area (Å²) in [6, 6.07) is 4.12. The molecule has 18 heavy (non-hydrogen) atoms. The Balaban J connectivity index is 1.86. The van der Waals surface area contributed by atoms with E-state index >= 15 is 0 Å². The van der Waals surface area contributed by atoms with Gasteiger partial charge in [-0.3, -0.25) is 0 Å². The second-order valence-corrected chi connectivity index (χ2v) is 5.50. The second-order valence-electron chi connectivity index (χ2n) is 5.50. The largest absolute Gasteiger partial charge is 0.486 e. The van der Waals surface area contributed by atoms with E-state index in [2.05, 4.69) is 31.0 Å². The van der Waals surface area contributed by atoms with E-state index in [1.54, 1.807) is 0 Å². The van der Waals surface area contributed by atoms with Gasteiger partial charge in [0.25, 0.3) is 0 Å². The maximum absolute atomic E-state index is 6.18. The van der Waals surface area contributed by atoms with Gasteiger partial charge in [0, 0.05) is 30.9 Å². The van der Waals surface area contributed by atoms with E-state index in [1.165, 1.54) is 11.3 Å². The highest BCUT2D eigenvalue weighted by molar-refractivity contribution is 5.62. The number of nitrogens with two attached hydrogens (primary N) is 1. The van der Waals surface area contributed by atoms with Crippen molar-refractivity contribution in [1.29, 1.82) is 0 Å². The molecule has 0 unspecified atom stereocenters. The lowest BCUT2D eigenvalue weighted by Crippen LogP contribution is -2.37. The van der Waals surface area contributed by atoms with E-state index in [0.717, 1.165) is 30.9 Å². The molecule has 0 spiro atoms. The lowest BCUT2D eigenvalue weighted by atomic mass is 10.1. The summed E-state index contributed by atoms with van der Waals surface area (Å²) in [4.78, 5) is 2.22. The van der Waals surface area contributed by atoms with Crippen LogP contribution >= 0.6 is 0 Å². The Morgan fingerprint density at radius 2 is 1.83 bits per heavy atom. The van der Waals surface area contributed by atoms with Gasteiger partial charge in [0.15, 0.2) is 11.5 Å². The molecule has 0 saturated heterocycles. The SMILES string of the molecule is Cc1cc2c(cc1N(C)CC1(N)CC1)OCCO2. The average Bonchev–Trinajstić information content (AvgIpc) is 3.05. The van der Waals surface area contributed by atoms with Crippen molar-refractivity contribution in [3.63, 3.8) is 0 Å². The van der Waals surface area contributed by atoms with Gasteiger partial charge in [0.05, 0.1) is 0 Å². The molecule has 1 aliphatic heterocycles. The Labute approximate surface area is 108 Å². The summed E-state index contributed by atoms with van der Waals surface area (Å²) < 4.78 is 11.2. The molecule has 0 bridgehead atoms. The van der Waals surface area contributed by atoms with Crippen molar-refractivity contribution in [3.8, 4) is 11.5 Å². The molecule has 2 N–H and O–H groups in total. The van der Waals surface area contributed by atoms with Crippen molar-refractivity contribution >= 4 is 5.69 Å². The predicted molar refractivity (Wildman–Crippen MR) is 71.6 cm³/mol. The van der Waals surface area contributed by atoms with E-state index in [4.69, 9.17) is 15.2 Å². The van der Waals surface area contributed by atoms with Gasteiger partial charge in [0.1, 0.15) is 13.2 Å². The molecule has 1 aliphatic carbocycles. The number of rotatable bonds is 3. The van der Waals surface area contributed by atoms with Gasteiger partial charge < -0.3 is 20.1 Å². The first-order chi connectivity index (χ1) is 8.57. The topological polar surface area (TPSA) is 47.7 Å². The molecule has 4 nitrogen and oxygen atoms in total. The fourth-order valence-corrected chi connectivity index (χ4v) is 2.47. The highest BCUT2D eigenvalue weighted by Crippen LogP contribution is 2.39. The van der Waals surface area contributed by atoms with Gasteiger partial charge in [-0.25, -0.2) is 0 Å². The van der Waals surface area contributed by atoms with E-state index in [-0.39, 0.29) is 5.54 Å². The van der Waals surface area contributed by atoms with Crippen molar-refractivity contribution in [2.24, 2.45) is 5.73 Å². The summed E-state index contributed by atoms with van der Waals surface area (Å²) >= 11 is 0. The molecule has 1 aromatic rings. The number of fused-ring (bicyclic) bond motifs is 1. The highest BCUT2D eigenvalue weighted by Gasteiger charge is 2.39. The van der Waals surface area contributed by atoms with Crippen LogP contribution in [0.1, 0.15) is 18.4 Å². The van der Waals surface area contributed by atoms with Gasteiger partial charge in [-0.2, -0.15) is 0 Å². The molecule has 0 amide bonds. The third-order valence-electron chi connectivity index (χ3n) is 3.72. The van der Waals surface area contributed by atoms with Crippen LogP contribution in [-0.4, -0.2) is 32.3 Å². The maximum atomic E-state index is 6.18. The van der Waals surface area contributed by atoms with Crippen LogP contribution < -0.4 is 20.1 Å². The minimum absolute atomic E-state index is 0.0223. The van der Waals surface area contributed by atoms with Crippen molar-refractivity contribution in [2.45, 2.75) is 25.3 Å². The fourth-order valence-electron chi connectivity index (χ4n) is 2.47. The summed E-state index contributed by atoms with van der Waals surface area (Å²) in [6.45, 7) is 4.25. The molecule has 2 aliphatic rings. The summed E-state index contributed by atoms with van der Waals surface area (Å²) in [6.07, 6.45) is 2.25. The molecule has 4 heteroatoms. The Morgan fingerprint density at radius 3 is 2.44 bits per heavy atom. The third-order valence-corrected chi connectivity index (χ3v) is 3.72.